The number of aromatic nitrogens is 1. The molecule has 0 saturated carbocycles. The van der Waals surface area contributed by atoms with Crippen molar-refractivity contribution in [2.24, 2.45) is 0 Å². The molecule has 0 bridgehead atoms. The summed E-state index contributed by atoms with van der Waals surface area (Å²) in [6.45, 7) is 0. The maximum absolute atomic E-state index is 12.9. The fourth-order valence-electron chi connectivity index (χ4n) is 0.946. The van der Waals surface area contributed by atoms with E-state index in [-0.39, 0.29) is 17.7 Å². The lowest BCUT2D eigenvalue weighted by molar-refractivity contribution is 0.111. The van der Waals surface area contributed by atoms with Crippen molar-refractivity contribution in [3.8, 4) is 5.75 Å². The molecule has 6 heteroatoms. The van der Waals surface area contributed by atoms with E-state index in [4.69, 9.17) is 0 Å². The second-order valence-electron chi connectivity index (χ2n) is 2.37. The summed E-state index contributed by atoms with van der Waals surface area (Å²) in [5.41, 5.74) is -1.22. The second-order valence-corrected chi connectivity index (χ2v) is 2.37. The quantitative estimate of drug-likeness (QED) is 0.559. The summed E-state index contributed by atoms with van der Waals surface area (Å²) >= 11 is 0. The molecule has 0 aliphatic carbocycles. The van der Waals surface area contributed by atoms with Gasteiger partial charge in [0.2, 0.25) is 5.95 Å². The number of carbonyl (C=O) groups is 1. The molecule has 0 N–H and O–H groups in total. The van der Waals surface area contributed by atoms with Gasteiger partial charge in [-0.2, -0.15) is 4.39 Å². The number of nitrogens with zero attached hydrogens (tertiary/aromatic N) is 1. The molecule has 0 aromatic carbocycles. The Hall–Kier alpha value is -1.59. The van der Waals surface area contributed by atoms with Crippen molar-refractivity contribution < 1.29 is 22.7 Å². The number of methoxy groups -OCH3 is 1. The highest BCUT2D eigenvalue weighted by molar-refractivity contribution is 5.72. The van der Waals surface area contributed by atoms with Gasteiger partial charge >= 0.3 is 0 Å². The van der Waals surface area contributed by atoms with Crippen molar-refractivity contribution in [3.63, 3.8) is 0 Å². The van der Waals surface area contributed by atoms with E-state index in [1.807, 2.05) is 0 Å². The Morgan fingerprint density at radius 3 is 2.64 bits per heavy atom. The first kappa shape index (κ1) is 10.5. The Morgan fingerprint density at radius 1 is 1.57 bits per heavy atom. The molecule has 1 aromatic heterocycles. The zero-order chi connectivity index (χ0) is 10.7. The van der Waals surface area contributed by atoms with Crippen molar-refractivity contribution in [2.45, 2.75) is 6.43 Å². The van der Waals surface area contributed by atoms with Crippen molar-refractivity contribution in [1.29, 1.82) is 0 Å². The summed E-state index contributed by atoms with van der Waals surface area (Å²) in [4.78, 5) is 13.3. The SMILES string of the molecule is COc1cc(C=O)nc(F)c1C(F)F. The lowest BCUT2D eigenvalue weighted by Gasteiger charge is -2.08. The van der Waals surface area contributed by atoms with E-state index in [0.717, 1.165) is 13.2 Å². The number of halogens is 3. The molecule has 1 aromatic rings. The van der Waals surface area contributed by atoms with Crippen LogP contribution in [0, 0.1) is 5.95 Å². The Bertz CT molecular complexity index is 355. The summed E-state index contributed by atoms with van der Waals surface area (Å²) in [6.07, 6.45) is -2.78. The minimum Gasteiger partial charge on any atom is -0.496 e. The van der Waals surface area contributed by atoms with Crippen LogP contribution in [0.2, 0.25) is 0 Å². The summed E-state index contributed by atoms with van der Waals surface area (Å²) in [5.74, 6) is -1.77. The average molecular weight is 205 g/mol. The molecule has 0 atom stereocenters. The molecule has 0 amide bonds. The lowest BCUT2D eigenvalue weighted by atomic mass is 10.2. The number of rotatable bonds is 3. The Balaban J connectivity index is 3.34. The Labute approximate surface area is 77.5 Å². The highest BCUT2D eigenvalue weighted by Crippen LogP contribution is 2.30. The van der Waals surface area contributed by atoms with Crippen LogP contribution in [-0.2, 0) is 0 Å². The standard InChI is InChI=1S/C8H6F3NO2/c1-14-5-2-4(3-13)12-8(11)6(5)7(9)10/h2-3,7H,1H3. The number of alkyl halides is 2. The molecular formula is C8H6F3NO2. The molecule has 0 spiro atoms. The van der Waals surface area contributed by atoms with Gasteiger partial charge in [0, 0.05) is 6.07 Å². The smallest absolute Gasteiger partial charge is 0.271 e. The van der Waals surface area contributed by atoms with Gasteiger partial charge in [-0.05, 0) is 0 Å². The first-order valence-corrected chi connectivity index (χ1v) is 3.58. The van der Waals surface area contributed by atoms with Crippen LogP contribution >= 0.6 is 0 Å². The third kappa shape index (κ3) is 1.84. The van der Waals surface area contributed by atoms with Gasteiger partial charge in [0.1, 0.15) is 17.0 Å². The predicted octanol–water partition coefficient (Wildman–Crippen LogP) is 1.98. The van der Waals surface area contributed by atoms with E-state index in [2.05, 4.69) is 9.72 Å². The summed E-state index contributed by atoms with van der Waals surface area (Å²) < 4.78 is 41.9. The second kappa shape index (κ2) is 4.08. The van der Waals surface area contributed by atoms with Crippen molar-refractivity contribution in [2.75, 3.05) is 7.11 Å². The van der Waals surface area contributed by atoms with Crippen molar-refractivity contribution in [1.82, 2.24) is 4.98 Å². The van der Waals surface area contributed by atoms with Crippen molar-refractivity contribution >= 4 is 6.29 Å². The normalized spacial score (nSPS) is 10.4. The van der Waals surface area contributed by atoms with Crippen LogP contribution in [0.4, 0.5) is 13.2 Å². The van der Waals surface area contributed by atoms with Crippen molar-refractivity contribution in [3.05, 3.63) is 23.3 Å². The van der Waals surface area contributed by atoms with Crippen LogP contribution in [0.15, 0.2) is 6.07 Å². The molecule has 0 radical (unpaired) electrons. The van der Waals surface area contributed by atoms with Gasteiger partial charge in [-0.3, -0.25) is 4.79 Å². The van der Waals surface area contributed by atoms with Crippen LogP contribution < -0.4 is 4.74 Å². The monoisotopic (exact) mass is 205 g/mol. The number of hydrogen-bond donors (Lipinski definition) is 0. The number of pyridine rings is 1. The molecule has 0 saturated heterocycles. The highest BCUT2D eigenvalue weighted by atomic mass is 19.3. The zero-order valence-corrected chi connectivity index (χ0v) is 7.13. The Morgan fingerprint density at radius 2 is 2.21 bits per heavy atom. The van der Waals surface area contributed by atoms with E-state index in [1.54, 1.807) is 0 Å². The Kier molecular flexibility index (Phi) is 3.06. The van der Waals surface area contributed by atoms with E-state index >= 15 is 0 Å². The van der Waals surface area contributed by atoms with E-state index in [9.17, 15) is 18.0 Å². The lowest BCUT2D eigenvalue weighted by Crippen LogP contribution is -2.02. The molecule has 14 heavy (non-hydrogen) atoms. The van der Waals surface area contributed by atoms with Crippen LogP contribution in [-0.4, -0.2) is 18.4 Å². The number of hydrogen-bond acceptors (Lipinski definition) is 3. The van der Waals surface area contributed by atoms with Gasteiger partial charge in [0.15, 0.2) is 6.29 Å². The summed E-state index contributed by atoms with van der Waals surface area (Å²) in [6, 6.07) is 0.956. The molecule has 0 aliphatic rings. The number of ether oxygens (including phenoxy) is 1. The maximum atomic E-state index is 12.9. The summed E-state index contributed by atoms with van der Waals surface area (Å²) in [5, 5.41) is 0. The average Bonchev–Trinajstić information content (AvgIpc) is 2.15. The van der Waals surface area contributed by atoms with Crippen LogP contribution in [0.25, 0.3) is 0 Å². The molecule has 1 heterocycles. The molecule has 76 valence electrons. The zero-order valence-electron chi connectivity index (χ0n) is 7.13. The van der Waals surface area contributed by atoms with E-state index in [0.29, 0.717) is 0 Å². The van der Waals surface area contributed by atoms with Gasteiger partial charge in [-0.15, -0.1) is 0 Å². The topological polar surface area (TPSA) is 39.2 Å². The molecule has 3 nitrogen and oxygen atoms in total. The molecule has 0 unspecified atom stereocenters. The van der Waals surface area contributed by atoms with Crippen LogP contribution in [0.5, 0.6) is 5.75 Å². The highest BCUT2D eigenvalue weighted by Gasteiger charge is 2.21. The van der Waals surface area contributed by atoms with E-state index < -0.39 is 17.9 Å². The fraction of sp³-hybridized carbons (Fsp3) is 0.250. The van der Waals surface area contributed by atoms with Gasteiger partial charge in [-0.25, -0.2) is 13.8 Å². The fourth-order valence-corrected chi connectivity index (χ4v) is 0.946. The van der Waals surface area contributed by atoms with E-state index in [1.165, 1.54) is 0 Å². The van der Waals surface area contributed by atoms with Gasteiger partial charge in [-0.1, -0.05) is 0 Å². The largest absolute Gasteiger partial charge is 0.496 e. The minimum atomic E-state index is -3.03. The number of carbonyl (C=O) groups excluding carboxylic acids is 1. The first-order chi connectivity index (χ1) is 6.60. The van der Waals surface area contributed by atoms with Gasteiger partial charge in [0.25, 0.3) is 6.43 Å². The maximum Gasteiger partial charge on any atom is 0.271 e. The predicted molar refractivity (Wildman–Crippen MR) is 41.1 cm³/mol. The van der Waals surface area contributed by atoms with Gasteiger partial charge < -0.3 is 4.74 Å². The molecular weight excluding hydrogens is 199 g/mol. The van der Waals surface area contributed by atoms with Crippen LogP contribution in [0.1, 0.15) is 22.5 Å². The van der Waals surface area contributed by atoms with Gasteiger partial charge in [0.05, 0.1) is 7.11 Å². The minimum absolute atomic E-state index is 0.251. The van der Waals surface area contributed by atoms with Crippen LogP contribution in [0.3, 0.4) is 0 Å². The molecule has 0 fully saturated rings. The third-order valence-electron chi connectivity index (χ3n) is 1.55. The first-order valence-electron chi connectivity index (χ1n) is 3.58. The molecule has 1 rings (SSSR count). The molecule has 0 aliphatic heterocycles. The summed E-state index contributed by atoms with van der Waals surface area (Å²) in [7, 11) is 1.11. The number of aldehydes is 1. The third-order valence-corrected chi connectivity index (χ3v) is 1.55.